The molecule has 17 aromatic carbocycles. The minimum absolute atomic E-state index is 0. The van der Waals surface area contributed by atoms with Gasteiger partial charge in [0, 0.05) is 85.3 Å². The van der Waals surface area contributed by atoms with Gasteiger partial charge in [-0.2, -0.15) is 0 Å². The van der Waals surface area contributed by atoms with Gasteiger partial charge in [0.05, 0.1) is 0 Å². The molecule has 0 fully saturated rings. The molecule has 17 aromatic rings. The first-order chi connectivity index (χ1) is 49.6. The molecular formula is C95H76N6. The monoisotopic (exact) mass is 1300 g/mol. The van der Waals surface area contributed by atoms with Gasteiger partial charge in [0.1, 0.15) is 0 Å². The number of benzene rings is 17. The Balaban J connectivity index is 0.000000128. The number of hydrogen-bond donors (Lipinski definition) is 3. The minimum atomic E-state index is 0. The number of rotatable bonds is 16. The molecular weight excluding hydrogens is 1230 g/mol. The highest BCUT2D eigenvalue weighted by Gasteiger charge is 2.17. The molecule has 0 aliphatic carbocycles. The van der Waals surface area contributed by atoms with E-state index in [1.54, 1.807) is 0 Å². The van der Waals surface area contributed by atoms with Crippen molar-refractivity contribution < 1.29 is 0 Å². The summed E-state index contributed by atoms with van der Waals surface area (Å²) in [5.74, 6) is 0. The number of anilines is 15. The SMILES string of the molecule is C.c1ccc(Nc2ccc(-c3ccc(N(c4ccccc4)c4ccccc4)cc3)cc2)cc1.c1ccc(Nc2ccc(N(c3ccccc3)c3ccc4c(ccc5ccccc54)c3)cc2)cc1.c1ccc(Nc2ccc3c(ccc4cc(N(c5ccccc5)c5ccccc5)ccc43)c2)cc1. The average molecular weight is 1300 g/mol. The van der Waals surface area contributed by atoms with Gasteiger partial charge < -0.3 is 30.7 Å². The van der Waals surface area contributed by atoms with Crippen LogP contribution < -0.4 is 30.7 Å². The van der Waals surface area contributed by atoms with Crippen molar-refractivity contribution in [1.29, 1.82) is 0 Å². The minimum Gasteiger partial charge on any atom is -0.356 e. The maximum absolute atomic E-state index is 3.50. The highest BCUT2D eigenvalue weighted by atomic mass is 15.2. The third kappa shape index (κ3) is 15.4. The van der Waals surface area contributed by atoms with Gasteiger partial charge in [-0.1, -0.05) is 244 Å². The molecule has 486 valence electrons. The predicted octanol–water partition coefficient (Wildman–Crippen LogP) is 27.6. The Labute approximate surface area is 592 Å². The summed E-state index contributed by atoms with van der Waals surface area (Å²) >= 11 is 0. The summed E-state index contributed by atoms with van der Waals surface area (Å²) in [7, 11) is 0. The molecule has 6 heteroatoms. The van der Waals surface area contributed by atoms with E-state index in [-0.39, 0.29) is 7.43 Å². The Morgan fingerprint density at radius 3 is 0.762 bits per heavy atom. The van der Waals surface area contributed by atoms with E-state index in [1.807, 2.05) is 66.7 Å². The molecule has 101 heavy (non-hydrogen) atoms. The summed E-state index contributed by atoms with van der Waals surface area (Å²) in [6.07, 6.45) is 0. The highest BCUT2D eigenvalue weighted by molar-refractivity contribution is 6.10. The average Bonchev–Trinajstić information content (AvgIpc) is 0.784. The van der Waals surface area contributed by atoms with Crippen LogP contribution in [0.5, 0.6) is 0 Å². The number of fused-ring (bicyclic) bond motifs is 6. The lowest BCUT2D eigenvalue weighted by Crippen LogP contribution is -2.09. The van der Waals surface area contributed by atoms with Gasteiger partial charge in [-0.25, -0.2) is 0 Å². The zero-order valence-electron chi connectivity index (χ0n) is 55.2. The molecule has 6 nitrogen and oxygen atoms in total. The van der Waals surface area contributed by atoms with Crippen LogP contribution in [0.1, 0.15) is 7.43 Å². The van der Waals surface area contributed by atoms with Gasteiger partial charge in [-0.15, -0.1) is 0 Å². The highest BCUT2D eigenvalue weighted by Crippen LogP contribution is 2.41. The summed E-state index contributed by atoms with van der Waals surface area (Å²) in [5, 5.41) is 20.4. The quantitative estimate of drug-likeness (QED) is 0.0838. The maximum Gasteiger partial charge on any atom is 0.0468 e. The van der Waals surface area contributed by atoms with Crippen molar-refractivity contribution in [2.24, 2.45) is 0 Å². The zero-order valence-corrected chi connectivity index (χ0v) is 55.2. The van der Waals surface area contributed by atoms with E-state index in [2.05, 4.69) is 382 Å². The largest absolute Gasteiger partial charge is 0.356 e. The van der Waals surface area contributed by atoms with Crippen molar-refractivity contribution in [3.63, 3.8) is 0 Å². The third-order valence-corrected chi connectivity index (χ3v) is 17.8. The second kappa shape index (κ2) is 31.2. The standard InChI is InChI=1S/2C32H24N2.C30H24N2.CH4/c1-4-10-26(11-5-1)33-27-18-20-31-24(22-27)16-17-25-23-30(19-21-32(25)31)34(28-12-6-2-7-13-28)29-14-8-3-9-15-29;1-3-10-26(11-4-1)33-27-17-19-29(20-18-27)34(28-12-5-2-6-13-28)30-21-22-32-25(23-30)16-15-24-9-7-8-14-31(24)32;1-4-10-26(11-5-1)31-27-20-16-24(17-21-27)25-18-22-30(23-19-25)32(28-12-6-2-7-13-28)29-14-8-3-9-15-29;/h2*1-23,33H;1-23,31H;1H4. The van der Waals surface area contributed by atoms with Crippen molar-refractivity contribution in [3.05, 3.63) is 419 Å². The molecule has 0 aliphatic rings. The van der Waals surface area contributed by atoms with E-state index in [9.17, 15) is 0 Å². The van der Waals surface area contributed by atoms with E-state index in [0.29, 0.717) is 0 Å². The van der Waals surface area contributed by atoms with E-state index in [1.165, 1.54) is 54.2 Å². The van der Waals surface area contributed by atoms with Gasteiger partial charge in [0.2, 0.25) is 0 Å². The second-order valence-corrected chi connectivity index (χ2v) is 24.4. The second-order valence-electron chi connectivity index (χ2n) is 24.4. The molecule has 17 rings (SSSR count). The number of nitrogens with zero attached hydrogens (tertiary/aromatic N) is 3. The van der Waals surface area contributed by atoms with Crippen molar-refractivity contribution >= 4 is 128 Å². The van der Waals surface area contributed by atoms with E-state index < -0.39 is 0 Å². The maximum atomic E-state index is 3.50. The lowest BCUT2D eigenvalue weighted by molar-refractivity contribution is 1.28. The molecule has 0 saturated carbocycles. The topological polar surface area (TPSA) is 45.8 Å². The third-order valence-electron chi connectivity index (χ3n) is 17.8. The van der Waals surface area contributed by atoms with Crippen molar-refractivity contribution in [1.82, 2.24) is 0 Å². The molecule has 0 spiro atoms. The van der Waals surface area contributed by atoms with Gasteiger partial charge in [-0.05, 0) is 236 Å². The lowest BCUT2D eigenvalue weighted by atomic mass is 10.0. The Morgan fingerprint density at radius 1 is 0.149 bits per heavy atom. The summed E-state index contributed by atoms with van der Waals surface area (Å²) in [4.78, 5) is 6.88. The number of hydrogen-bond acceptors (Lipinski definition) is 6. The molecule has 0 bridgehead atoms. The molecule has 0 unspecified atom stereocenters. The van der Waals surface area contributed by atoms with Gasteiger partial charge >= 0.3 is 0 Å². The first kappa shape index (κ1) is 64.9. The molecule has 0 aliphatic heterocycles. The predicted molar refractivity (Wildman–Crippen MR) is 435 cm³/mol. The Bertz CT molecular complexity index is 5380. The summed E-state index contributed by atoms with van der Waals surface area (Å²) in [6.45, 7) is 0. The lowest BCUT2D eigenvalue weighted by Gasteiger charge is -2.26. The summed E-state index contributed by atoms with van der Waals surface area (Å²) in [5.41, 5.74) is 19.1. The van der Waals surface area contributed by atoms with Crippen LogP contribution in [0.15, 0.2) is 419 Å². The van der Waals surface area contributed by atoms with Crippen LogP contribution in [0.25, 0.3) is 54.2 Å². The van der Waals surface area contributed by atoms with E-state index >= 15 is 0 Å². The fraction of sp³-hybridized carbons (Fsp3) is 0.0105. The van der Waals surface area contributed by atoms with Gasteiger partial charge in [-0.3, -0.25) is 0 Å². The van der Waals surface area contributed by atoms with Crippen LogP contribution in [0.2, 0.25) is 0 Å². The fourth-order valence-electron chi connectivity index (χ4n) is 12.9. The summed E-state index contributed by atoms with van der Waals surface area (Å²) < 4.78 is 0. The smallest absolute Gasteiger partial charge is 0.0468 e. The van der Waals surface area contributed by atoms with Crippen LogP contribution in [0.4, 0.5) is 85.3 Å². The van der Waals surface area contributed by atoms with Crippen LogP contribution in [-0.2, 0) is 0 Å². The number of para-hydroxylation sites is 8. The first-order valence-corrected chi connectivity index (χ1v) is 33.9. The summed E-state index contributed by atoms with van der Waals surface area (Å²) in [6, 6.07) is 147. The van der Waals surface area contributed by atoms with Crippen LogP contribution in [-0.4, -0.2) is 0 Å². The normalized spacial score (nSPS) is 10.7. The molecule has 0 aromatic heterocycles. The van der Waals surface area contributed by atoms with Gasteiger partial charge in [0.15, 0.2) is 0 Å². The van der Waals surface area contributed by atoms with Crippen molar-refractivity contribution in [2.45, 2.75) is 7.43 Å². The Morgan fingerprint density at radius 2 is 0.376 bits per heavy atom. The molecule has 0 amide bonds. The van der Waals surface area contributed by atoms with Crippen LogP contribution >= 0.6 is 0 Å². The van der Waals surface area contributed by atoms with Crippen LogP contribution in [0.3, 0.4) is 0 Å². The molecule has 0 radical (unpaired) electrons. The zero-order chi connectivity index (χ0) is 67.1. The fourth-order valence-corrected chi connectivity index (χ4v) is 12.9. The Kier molecular flexibility index (Phi) is 20.0. The van der Waals surface area contributed by atoms with Gasteiger partial charge in [0.25, 0.3) is 0 Å². The first-order valence-electron chi connectivity index (χ1n) is 33.9. The number of nitrogens with one attached hydrogen (secondary N) is 3. The molecule has 0 atom stereocenters. The van der Waals surface area contributed by atoms with E-state index in [4.69, 9.17) is 0 Å². The molecule has 3 N–H and O–H groups in total. The van der Waals surface area contributed by atoms with Crippen molar-refractivity contribution in [3.8, 4) is 11.1 Å². The molecule has 0 heterocycles. The van der Waals surface area contributed by atoms with Crippen molar-refractivity contribution in [2.75, 3.05) is 30.7 Å². The Hall–Kier alpha value is -13.4. The molecule has 0 saturated heterocycles. The van der Waals surface area contributed by atoms with E-state index in [0.717, 1.165) is 85.3 Å². The van der Waals surface area contributed by atoms with Crippen LogP contribution in [0, 0.1) is 0 Å².